The van der Waals surface area contributed by atoms with Gasteiger partial charge in [0.25, 0.3) is 0 Å². The summed E-state index contributed by atoms with van der Waals surface area (Å²) in [4.78, 5) is 28.3. The summed E-state index contributed by atoms with van der Waals surface area (Å²) in [6.45, 7) is 19.1. The molecule has 0 saturated heterocycles. The average molecular weight is 443 g/mol. The van der Waals surface area contributed by atoms with Crippen LogP contribution in [0.3, 0.4) is 0 Å². The molecule has 0 unspecified atom stereocenters. The number of thioether (sulfide) groups is 2. The lowest BCUT2D eigenvalue weighted by atomic mass is 10.1. The second-order valence-electron chi connectivity index (χ2n) is 7.21. The quantitative estimate of drug-likeness (QED) is 0.342. The highest BCUT2D eigenvalue weighted by molar-refractivity contribution is 8.14. The lowest BCUT2D eigenvalue weighted by molar-refractivity contribution is -0.108. The van der Waals surface area contributed by atoms with E-state index in [0.29, 0.717) is 11.1 Å². The van der Waals surface area contributed by atoms with Gasteiger partial charge in [0, 0.05) is 19.6 Å². The van der Waals surface area contributed by atoms with Crippen molar-refractivity contribution in [1.29, 1.82) is 0 Å². The number of benzene rings is 2. The van der Waals surface area contributed by atoms with Crippen molar-refractivity contribution in [3.8, 4) is 0 Å². The van der Waals surface area contributed by atoms with Crippen LogP contribution in [0.5, 0.6) is 0 Å². The van der Waals surface area contributed by atoms with Crippen molar-refractivity contribution in [1.82, 2.24) is 0 Å². The van der Waals surface area contributed by atoms with E-state index in [0.717, 1.165) is 41.8 Å². The second-order valence-corrected chi connectivity index (χ2v) is 10.3. The maximum absolute atomic E-state index is 12.0. The van der Waals surface area contributed by atoms with Crippen LogP contribution in [0.1, 0.15) is 36.1 Å². The highest BCUT2D eigenvalue weighted by Gasteiger charge is 2.14. The molecule has 0 spiro atoms. The third-order valence-electron chi connectivity index (χ3n) is 4.19. The van der Waals surface area contributed by atoms with Crippen LogP contribution in [-0.4, -0.2) is 10.2 Å². The SMILES string of the molecule is C=C(C)C(=O)Sc1c(C)cc(Sc2cc(C)c(SC(=O)C(=C)C)c(C)c2)cc1C. The van der Waals surface area contributed by atoms with Gasteiger partial charge < -0.3 is 0 Å². The van der Waals surface area contributed by atoms with Gasteiger partial charge in [0.2, 0.25) is 10.2 Å². The summed E-state index contributed by atoms with van der Waals surface area (Å²) in [6, 6.07) is 8.46. The summed E-state index contributed by atoms with van der Waals surface area (Å²) >= 11 is 4.18. The van der Waals surface area contributed by atoms with Gasteiger partial charge in [-0.2, -0.15) is 0 Å². The van der Waals surface area contributed by atoms with E-state index in [9.17, 15) is 9.59 Å². The summed E-state index contributed by atoms with van der Waals surface area (Å²) in [6.07, 6.45) is 0. The third-order valence-corrected chi connectivity index (χ3v) is 7.90. The molecule has 0 atom stereocenters. The van der Waals surface area contributed by atoms with Crippen molar-refractivity contribution in [3.63, 3.8) is 0 Å². The molecule has 2 aromatic rings. The minimum absolute atomic E-state index is 0.000231. The number of aryl methyl sites for hydroxylation is 4. The van der Waals surface area contributed by atoms with Crippen molar-refractivity contribution in [3.05, 3.63) is 70.8 Å². The Morgan fingerprint density at radius 3 is 1.17 bits per heavy atom. The van der Waals surface area contributed by atoms with E-state index in [1.165, 1.54) is 23.5 Å². The summed E-state index contributed by atoms with van der Waals surface area (Å²) in [7, 11) is 0. The fraction of sp³-hybridized carbons (Fsp3) is 0.250. The topological polar surface area (TPSA) is 34.1 Å². The maximum atomic E-state index is 12.0. The van der Waals surface area contributed by atoms with Crippen molar-refractivity contribution in [2.75, 3.05) is 0 Å². The Bertz CT molecular complexity index is 891. The van der Waals surface area contributed by atoms with Crippen molar-refractivity contribution in [2.24, 2.45) is 0 Å². The third kappa shape index (κ3) is 6.14. The van der Waals surface area contributed by atoms with Gasteiger partial charge in [0.1, 0.15) is 0 Å². The Morgan fingerprint density at radius 1 is 0.655 bits per heavy atom. The molecule has 0 fully saturated rings. The molecule has 0 aromatic heterocycles. The van der Waals surface area contributed by atoms with Gasteiger partial charge in [-0.05, 0) is 123 Å². The first-order chi connectivity index (χ1) is 13.5. The van der Waals surface area contributed by atoms with E-state index in [4.69, 9.17) is 0 Å². The Kier molecular flexibility index (Phi) is 8.03. The van der Waals surface area contributed by atoms with Crippen LogP contribution < -0.4 is 0 Å². The molecule has 5 heteroatoms. The minimum Gasteiger partial charge on any atom is -0.282 e. The van der Waals surface area contributed by atoms with Crippen LogP contribution in [0.2, 0.25) is 0 Å². The predicted molar refractivity (Wildman–Crippen MR) is 127 cm³/mol. The lowest BCUT2D eigenvalue weighted by Gasteiger charge is -2.14. The summed E-state index contributed by atoms with van der Waals surface area (Å²) in [5, 5.41) is 0.000462. The van der Waals surface area contributed by atoms with Gasteiger partial charge in [-0.15, -0.1) is 0 Å². The highest BCUT2D eigenvalue weighted by atomic mass is 32.2. The molecule has 29 heavy (non-hydrogen) atoms. The van der Waals surface area contributed by atoms with E-state index in [1.807, 2.05) is 27.7 Å². The maximum Gasteiger partial charge on any atom is 0.219 e. The van der Waals surface area contributed by atoms with Crippen LogP contribution in [0.15, 0.2) is 68.2 Å². The smallest absolute Gasteiger partial charge is 0.219 e. The first-order valence-corrected chi connectivity index (χ1v) is 11.6. The van der Waals surface area contributed by atoms with Gasteiger partial charge in [0.15, 0.2) is 0 Å². The number of hydrogen-bond acceptors (Lipinski definition) is 5. The van der Waals surface area contributed by atoms with Crippen LogP contribution in [-0.2, 0) is 9.59 Å². The molecular formula is C24H26O2S3. The molecule has 2 nitrogen and oxygen atoms in total. The molecule has 152 valence electrons. The summed E-state index contributed by atoms with van der Waals surface area (Å²) in [5.74, 6) is 0. The van der Waals surface area contributed by atoms with Crippen LogP contribution in [0.4, 0.5) is 0 Å². The Morgan fingerprint density at radius 2 is 0.931 bits per heavy atom. The minimum atomic E-state index is 0.000231. The van der Waals surface area contributed by atoms with Crippen molar-refractivity contribution in [2.45, 2.75) is 61.1 Å². The van der Waals surface area contributed by atoms with Gasteiger partial charge in [0.05, 0.1) is 0 Å². The molecule has 0 bridgehead atoms. The van der Waals surface area contributed by atoms with Gasteiger partial charge in [-0.25, -0.2) is 0 Å². The Hall–Kier alpha value is -1.69. The zero-order valence-corrected chi connectivity index (χ0v) is 20.2. The summed E-state index contributed by atoms with van der Waals surface area (Å²) < 4.78 is 0. The summed E-state index contributed by atoms with van der Waals surface area (Å²) in [5.41, 5.74) is 5.45. The Labute approximate surface area is 186 Å². The standard InChI is InChI=1S/C24H26O2S3/c1-13(2)23(25)28-21-15(5)9-19(10-16(21)6)27-20-11-17(7)22(18(8)12-20)29-24(26)14(3)4/h9-12H,1,3H2,2,4-8H3. The number of carbonyl (C=O) groups excluding carboxylic acids is 2. The zero-order valence-electron chi connectivity index (χ0n) is 17.8. The van der Waals surface area contributed by atoms with Gasteiger partial charge in [-0.1, -0.05) is 24.9 Å². The number of rotatable bonds is 6. The molecule has 0 aliphatic heterocycles. The molecule has 0 aliphatic carbocycles. The van der Waals surface area contributed by atoms with Crippen LogP contribution in [0, 0.1) is 27.7 Å². The first kappa shape index (κ1) is 23.6. The predicted octanol–water partition coefficient (Wildman–Crippen LogP) is 7.46. The molecule has 0 N–H and O–H groups in total. The van der Waals surface area contributed by atoms with E-state index in [2.05, 4.69) is 37.4 Å². The van der Waals surface area contributed by atoms with Gasteiger partial charge in [-0.3, -0.25) is 9.59 Å². The average Bonchev–Trinajstić information content (AvgIpc) is 2.60. The fourth-order valence-corrected chi connectivity index (χ4v) is 5.57. The van der Waals surface area contributed by atoms with Gasteiger partial charge >= 0.3 is 0 Å². The van der Waals surface area contributed by atoms with E-state index >= 15 is 0 Å². The van der Waals surface area contributed by atoms with Crippen molar-refractivity contribution < 1.29 is 9.59 Å². The largest absolute Gasteiger partial charge is 0.282 e. The monoisotopic (exact) mass is 442 g/mol. The van der Waals surface area contributed by atoms with Crippen molar-refractivity contribution >= 4 is 45.5 Å². The van der Waals surface area contributed by atoms with Crippen LogP contribution >= 0.6 is 35.3 Å². The molecular weight excluding hydrogens is 416 g/mol. The second kappa shape index (κ2) is 9.88. The lowest BCUT2D eigenvalue weighted by Crippen LogP contribution is -1.96. The van der Waals surface area contributed by atoms with E-state index < -0.39 is 0 Å². The Balaban J connectivity index is 2.28. The molecule has 2 aromatic carbocycles. The normalized spacial score (nSPS) is 10.7. The van der Waals surface area contributed by atoms with E-state index in [1.54, 1.807) is 25.6 Å². The molecule has 0 amide bonds. The molecule has 2 rings (SSSR count). The molecule has 0 radical (unpaired) electrons. The number of hydrogen-bond donors (Lipinski definition) is 0. The first-order valence-electron chi connectivity index (χ1n) is 9.15. The zero-order chi connectivity index (χ0) is 21.9. The molecule has 0 heterocycles. The molecule has 0 saturated carbocycles. The number of carbonyl (C=O) groups is 2. The van der Waals surface area contributed by atoms with E-state index in [-0.39, 0.29) is 10.2 Å². The highest BCUT2D eigenvalue weighted by Crippen LogP contribution is 2.38. The fourth-order valence-electron chi connectivity index (χ4n) is 2.76. The molecule has 0 aliphatic rings. The van der Waals surface area contributed by atoms with Crippen LogP contribution in [0.25, 0.3) is 0 Å².